The highest BCUT2D eigenvalue weighted by atomic mass is 32.1. The minimum Gasteiger partial charge on any atom is -0.311 e. The summed E-state index contributed by atoms with van der Waals surface area (Å²) in [4.78, 5) is 20.8. The molecule has 0 saturated carbocycles. The molecule has 0 bridgehead atoms. The molecular weight excluding hydrogens is 312 g/mol. The van der Waals surface area contributed by atoms with Gasteiger partial charge in [-0.05, 0) is 37.4 Å². The van der Waals surface area contributed by atoms with Crippen molar-refractivity contribution in [2.75, 3.05) is 11.9 Å². The molecule has 0 radical (unpaired) electrons. The van der Waals surface area contributed by atoms with Crippen LogP contribution in [-0.4, -0.2) is 17.9 Å². The van der Waals surface area contributed by atoms with Crippen molar-refractivity contribution in [3.63, 3.8) is 0 Å². The molecule has 5 heteroatoms. The molecule has 22 heavy (non-hydrogen) atoms. The van der Waals surface area contributed by atoms with Gasteiger partial charge in [0.1, 0.15) is 9.88 Å². The second-order valence-corrected chi connectivity index (χ2v) is 7.06. The van der Waals surface area contributed by atoms with Gasteiger partial charge in [0, 0.05) is 12.7 Å². The van der Waals surface area contributed by atoms with Crippen LogP contribution in [0.15, 0.2) is 41.8 Å². The minimum atomic E-state index is -0.0124. The highest BCUT2D eigenvalue weighted by molar-refractivity contribution is 7.22. The number of nitrogens with zero attached hydrogens (tertiary/aromatic N) is 2. The molecule has 3 rings (SSSR count). The van der Waals surface area contributed by atoms with Crippen molar-refractivity contribution >= 4 is 34.3 Å². The predicted octanol–water partition coefficient (Wildman–Crippen LogP) is 4.77. The van der Waals surface area contributed by atoms with Gasteiger partial charge in [-0.25, -0.2) is 4.98 Å². The third-order valence-corrected chi connectivity index (χ3v) is 5.63. The topological polar surface area (TPSA) is 33.2 Å². The fourth-order valence-electron chi connectivity index (χ4n) is 2.14. The number of anilines is 1. The Kier molecular flexibility index (Phi) is 4.09. The van der Waals surface area contributed by atoms with E-state index in [1.807, 2.05) is 55.6 Å². The summed E-state index contributed by atoms with van der Waals surface area (Å²) in [6.07, 6.45) is 0. The van der Waals surface area contributed by atoms with E-state index in [0.29, 0.717) is 4.88 Å². The number of aryl methyl sites for hydroxylation is 2. The van der Waals surface area contributed by atoms with Crippen LogP contribution in [0, 0.1) is 13.8 Å². The Bertz CT molecular complexity index is 789. The second-order valence-electron chi connectivity index (χ2n) is 5.11. The Labute approximate surface area is 137 Å². The predicted molar refractivity (Wildman–Crippen MR) is 94.1 cm³/mol. The maximum atomic E-state index is 12.7. The minimum absolute atomic E-state index is 0.0124. The van der Waals surface area contributed by atoms with Crippen LogP contribution in [-0.2, 0) is 0 Å². The first-order valence-corrected chi connectivity index (χ1v) is 8.62. The van der Waals surface area contributed by atoms with E-state index in [1.54, 1.807) is 23.3 Å². The molecule has 1 aromatic carbocycles. The first-order chi connectivity index (χ1) is 10.6. The Balaban J connectivity index is 1.90. The van der Waals surface area contributed by atoms with Crippen LogP contribution >= 0.6 is 22.7 Å². The third-order valence-electron chi connectivity index (χ3n) is 3.45. The molecule has 0 aliphatic carbocycles. The molecular formula is C17H16N2OS2. The van der Waals surface area contributed by atoms with Crippen LogP contribution < -0.4 is 4.90 Å². The number of thiophene rings is 1. The smallest absolute Gasteiger partial charge is 0.270 e. The second kappa shape index (κ2) is 6.02. The van der Waals surface area contributed by atoms with Crippen molar-refractivity contribution < 1.29 is 4.79 Å². The highest BCUT2D eigenvalue weighted by Crippen LogP contribution is 2.32. The van der Waals surface area contributed by atoms with E-state index in [9.17, 15) is 4.79 Å². The van der Waals surface area contributed by atoms with E-state index in [-0.39, 0.29) is 5.91 Å². The quantitative estimate of drug-likeness (QED) is 0.694. The molecule has 3 aromatic rings. The van der Waals surface area contributed by atoms with Crippen molar-refractivity contribution in [3.05, 3.63) is 57.9 Å². The number of thiazole rings is 1. The molecule has 0 aliphatic heterocycles. The standard InChI is InChI=1S/C17H16N2OS2/c1-11-6-8-13(9-7-11)19(3)17(20)15-12(2)18-16(22-15)14-5-4-10-21-14/h4-10H,1-3H3. The monoisotopic (exact) mass is 328 g/mol. The van der Waals surface area contributed by atoms with Gasteiger partial charge in [-0.2, -0.15) is 0 Å². The molecule has 2 heterocycles. The Hall–Kier alpha value is -1.98. The van der Waals surface area contributed by atoms with E-state index in [0.717, 1.165) is 21.3 Å². The van der Waals surface area contributed by atoms with Gasteiger partial charge in [-0.15, -0.1) is 22.7 Å². The molecule has 3 nitrogen and oxygen atoms in total. The number of hydrogen-bond acceptors (Lipinski definition) is 4. The zero-order valence-corrected chi connectivity index (χ0v) is 14.3. The van der Waals surface area contributed by atoms with Crippen molar-refractivity contribution in [1.82, 2.24) is 4.98 Å². The van der Waals surface area contributed by atoms with E-state index < -0.39 is 0 Å². The number of hydrogen-bond donors (Lipinski definition) is 0. The maximum Gasteiger partial charge on any atom is 0.270 e. The van der Waals surface area contributed by atoms with Gasteiger partial charge in [-0.1, -0.05) is 23.8 Å². The third kappa shape index (κ3) is 2.82. The molecule has 0 spiro atoms. The zero-order chi connectivity index (χ0) is 15.7. The number of rotatable bonds is 3. The molecule has 2 aromatic heterocycles. The largest absolute Gasteiger partial charge is 0.311 e. The van der Waals surface area contributed by atoms with Gasteiger partial charge in [0.25, 0.3) is 5.91 Å². The van der Waals surface area contributed by atoms with E-state index in [1.165, 1.54) is 16.9 Å². The molecule has 0 aliphatic rings. The molecule has 0 fully saturated rings. The maximum absolute atomic E-state index is 12.7. The average Bonchev–Trinajstić information content (AvgIpc) is 3.16. The summed E-state index contributed by atoms with van der Waals surface area (Å²) in [6.45, 7) is 3.93. The van der Waals surface area contributed by atoms with E-state index in [2.05, 4.69) is 4.98 Å². The lowest BCUT2D eigenvalue weighted by molar-refractivity contribution is 0.0996. The SMILES string of the molecule is Cc1ccc(N(C)C(=O)c2sc(-c3cccs3)nc2C)cc1. The van der Waals surface area contributed by atoms with Gasteiger partial charge in [0.15, 0.2) is 0 Å². The van der Waals surface area contributed by atoms with Crippen LogP contribution in [0.1, 0.15) is 20.9 Å². The average molecular weight is 328 g/mol. The first kappa shape index (κ1) is 14.9. The van der Waals surface area contributed by atoms with Gasteiger partial charge >= 0.3 is 0 Å². The summed E-state index contributed by atoms with van der Waals surface area (Å²) < 4.78 is 0. The molecule has 112 valence electrons. The Morgan fingerprint density at radius 2 is 1.86 bits per heavy atom. The lowest BCUT2D eigenvalue weighted by Gasteiger charge is -2.16. The first-order valence-electron chi connectivity index (χ1n) is 6.92. The summed E-state index contributed by atoms with van der Waals surface area (Å²) in [5.74, 6) is -0.0124. The number of carbonyl (C=O) groups is 1. The van der Waals surface area contributed by atoms with Crippen molar-refractivity contribution in [1.29, 1.82) is 0 Å². The van der Waals surface area contributed by atoms with Gasteiger partial charge in [0.2, 0.25) is 0 Å². The fourth-order valence-corrected chi connectivity index (χ4v) is 3.98. The number of aromatic nitrogens is 1. The van der Waals surface area contributed by atoms with Crippen LogP contribution in [0.25, 0.3) is 9.88 Å². The molecule has 0 N–H and O–H groups in total. The molecule has 0 saturated heterocycles. The molecule has 0 unspecified atom stereocenters. The van der Waals surface area contributed by atoms with Gasteiger partial charge in [-0.3, -0.25) is 4.79 Å². The summed E-state index contributed by atoms with van der Waals surface area (Å²) >= 11 is 3.10. The van der Waals surface area contributed by atoms with Crippen LogP contribution in [0.2, 0.25) is 0 Å². The Morgan fingerprint density at radius 3 is 2.50 bits per heavy atom. The number of amides is 1. The summed E-state index contributed by atoms with van der Waals surface area (Å²) in [5, 5.41) is 2.93. The van der Waals surface area contributed by atoms with Gasteiger partial charge in [0.05, 0.1) is 10.6 Å². The van der Waals surface area contributed by atoms with Crippen LogP contribution in [0.3, 0.4) is 0 Å². The summed E-state index contributed by atoms with van der Waals surface area (Å²) in [6, 6.07) is 12.0. The van der Waals surface area contributed by atoms with E-state index >= 15 is 0 Å². The normalized spacial score (nSPS) is 10.7. The van der Waals surface area contributed by atoms with Crippen LogP contribution in [0.5, 0.6) is 0 Å². The fraction of sp³-hybridized carbons (Fsp3) is 0.176. The van der Waals surface area contributed by atoms with E-state index in [4.69, 9.17) is 0 Å². The molecule has 1 amide bonds. The lowest BCUT2D eigenvalue weighted by atomic mass is 10.2. The van der Waals surface area contributed by atoms with Crippen molar-refractivity contribution in [2.45, 2.75) is 13.8 Å². The number of benzene rings is 1. The van der Waals surface area contributed by atoms with Crippen LogP contribution in [0.4, 0.5) is 5.69 Å². The summed E-state index contributed by atoms with van der Waals surface area (Å²) in [5.41, 5.74) is 2.86. The Morgan fingerprint density at radius 1 is 1.14 bits per heavy atom. The van der Waals surface area contributed by atoms with Crippen molar-refractivity contribution in [3.8, 4) is 9.88 Å². The lowest BCUT2D eigenvalue weighted by Crippen LogP contribution is -2.25. The molecule has 0 atom stereocenters. The number of carbonyl (C=O) groups excluding carboxylic acids is 1. The zero-order valence-electron chi connectivity index (χ0n) is 12.7. The van der Waals surface area contributed by atoms with Gasteiger partial charge < -0.3 is 4.90 Å². The summed E-state index contributed by atoms with van der Waals surface area (Å²) in [7, 11) is 1.80. The van der Waals surface area contributed by atoms with Crippen molar-refractivity contribution in [2.24, 2.45) is 0 Å². The highest BCUT2D eigenvalue weighted by Gasteiger charge is 2.20.